The number of aryl methyl sites for hydroxylation is 1. The van der Waals surface area contributed by atoms with E-state index in [1.165, 1.54) is 11.3 Å². The summed E-state index contributed by atoms with van der Waals surface area (Å²) >= 11 is 1.46. The summed E-state index contributed by atoms with van der Waals surface area (Å²) < 4.78 is 12.8. The second kappa shape index (κ2) is 9.02. The molecule has 150 valence electrons. The monoisotopic (exact) mass is 410 g/mol. The van der Waals surface area contributed by atoms with Gasteiger partial charge in [0.1, 0.15) is 0 Å². The number of hydrogen-bond donors (Lipinski definition) is 1. The third-order valence-corrected chi connectivity index (χ3v) is 5.31. The van der Waals surface area contributed by atoms with Gasteiger partial charge >= 0.3 is 0 Å². The summed E-state index contributed by atoms with van der Waals surface area (Å²) in [6, 6.07) is 11.5. The number of nitrogens with one attached hydrogen (secondary N) is 1. The minimum atomic E-state index is -0.150. The Bertz CT molecular complexity index is 1080. The summed E-state index contributed by atoms with van der Waals surface area (Å²) in [4.78, 5) is 21.7. The molecule has 7 nitrogen and oxygen atoms in total. The van der Waals surface area contributed by atoms with Gasteiger partial charge in [0, 0.05) is 25.1 Å². The predicted octanol–water partition coefficient (Wildman–Crippen LogP) is 4.36. The zero-order valence-corrected chi connectivity index (χ0v) is 16.9. The lowest BCUT2D eigenvalue weighted by Gasteiger charge is -2.10. The number of aromatic nitrogens is 3. The van der Waals surface area contributed by atoms with Crippen LogP contribution >= 0.6 is 11.3 Å². The van der Waals surface area contributed by atoms with Crippen molar-refractivity contribution in [2.24, 2.45) is 0 Å². The maximum atomic E-state index is 12.6. The largest absolute Gasteiger partial charge is 0.462 e. The molecule has 4 aromatic rings. The number of carbonyl (C=O) groups excluding carboxylic acids is 1. The van der Waals surface area contributed by atoms with Gasteiger partial charge < -0.3 is 13.7 Å². The van der Waals surface area contributed by atoms with Gasteiger partial charge in [-0.2, -0.15) is 0 Å². The number of anilines is 1. The van der Waals surface area contributed by atoms with Gasteiger partial charge in [-0.05, 0) is 37.6 Å². The van der Waals surface area contributed by atoms with Gasteiger partial charge in [-0.25, -0.2) is 9.97 Å². The topological polar surface area (TPSA) is 82.2 Å². The van der Waals surface area contributed by atoms with E-state index in [2.05, 4.69) is 15.3 Å². The van der Waals surface area contributed by atoms with Crippen LogP contribution in [0.25, 0.3) is 21.8 Å². The molecule has 8 heteroatoms. The average molecular weight is 410 g/mol. The minimum Gasteiger partial charge on any atom is -0.462 e. The number of carbonyl (C=O) groups is 1. The minimum absolute atomic E-state index is 0.150. The predicted molar refractivity (Wildman–Crippen MR) is 113 cm³/mol. The molecule has 0 saturated carbocycles. The van der Waals surface area contributed by atoms with Gasteiger partial charge in [-0.3, -0.25) is 10.1 Å². The van der Waals surface area contributed by atoms with Gasteiger partial charge in [0.05, 0.1) is 29.4 Å². The number of hydrogen-bond acceptors (Lipinski definition) is 6. The lowest BCUT2D eigenvalue weighted by molar-refractivity contribution is -0.115. The summed E-state index contributed by atoms with van der Waals surface area (Å²) in [5, 5.41) is 5.59. The normalized spacial score (nSPS) is 11.2. The number of furan rings is 1. The number of ether oxygens (including phenoxy) is 1. The molecule has 4 rings (SSSR count). The Morgan fingerprint density at radius 2 is 2.14 bits per heavy atom. The lowest BCUT2D eigenvalue weighted by Crippen LogP contribution is -2.18. The zero-order chi connectivity index (χ0) is 20.1. The standard InChI is InChI=1S/C21H22N4O3S/c1-2-27-11-6-10-25-17-8-4-3-7-16(17)23-21(25)24-19(26)13-15-14-29-20(22-15)18-9-5-12-28-18/h3-5,7-9,12,14H,2,6,10-11,13H2,1H3,(H,23,24,26). The Hall–Kier alpha value is -2.97. The van der Waals surface area contributed by atoms with Crippen molar-refractivity contribution in [1.29, 1.82) is 0 Å². The Labute approximate surface area is 172 Å². The lowest BCUT2D eigenvalue weighted by atomic mass is 10.3. The number of benzene rings is 1. The molecule has 0 fully saturated rings. The molecule has 0 atom stereocenters. The van der Waals surface area contributed by atoms with Gasteiger partial charge in [0.25, 0.3) is 0 Å². The van der Waals surface area contributed by atoms with E-state index in [4.69, 9.17) is 9.15 Å². The molecule has 29 heavy (non-hydrogen) atoms. The van der Waals surface area contributed by atoms with Crippen LogP contribution in [0.5, 0.6) is 0 Å². The molecular weight excluding hydrogens is 388 g/mol. The van der Waals surface area contributed by atoms with Crippen molar-refractivity contribution < 1.29 is 13.9 Å². The van der Waals surface area contributed by atoms with Crippen LogP contribution in [0.4, 0.5) is 5.95 Å². The molecular formula is C21H22N4O3S. The SMILES string of the molecule is CCOCCCn1c(NC(=O)Cc2csc(-c3ccco3)n2)nc2ccccc21. The molecule has 0 bridgehead atoms. The van der Waals surface area contributed by atoms with Crippen LogP contribution in [0, 0.1) is 0 Å². The third kappa shape index (κ3) is 4.55. The molecule has 0 radical (unpaired) electrons. The fraction of sp³-hybridized carbons (Fsp3) is 0.286. The summed E-state index contributed by atoms with van der Waals surface area (Å²) in [6.07, 6.45) is 2.63. The van der Waals surface area contributed by atoms with Crippen LogP contribution in [0.1, 0.15) is 19.0 Å². The number of fused-ring (bicyclic) bond motifs is 1. The van der Waals surface area contributed by atoms with Gasteiger partial charge in [-0.15, -0.1) is 11.3 Å². The smallest absolute Gasteiger partial charge is 0.232 e. The molecule has 0 aliphatic heterocycles. The Kier molecular flexibility index (Phi) is 6.02. The molecule has 0 unspecified atom stereocenters. The van der Waals surface area contributed by atoms with Crippen molar-refractivity contribution in [1.82, 2.24) is 14.5 Å². The number of nitrogens with zero attached hydrogens (tertiary/aromatic N) is 3. The molecule has 1 N–H and O–H groups in total. The van der Waals surface area contributed by atoms with Gasteiger partial charge in [0.2, 0.25) is 11.9 Å². The number of imidazole rings is 1. The van der Waals surface area contributed by atoms with Crippen molar-refractivity contribution in [3.63, 3.8) is 0 Å². The zero-order valence-electron chi connectivity index (χ0n) is 16.1. The highest BCUT2D eigenvalue weighted by Crippen LogP contribution is 2.24. The first kappa shape index (κ1) is 19.4. The van der Waals surface area contributed by atoms with Crippen molar-refractivity contribution in [2.75, 3.05) is 18.5 Å². The van der Waals surface area contributed by atoms with E-state index in [1.807, 2.05) is 53.3 Å². The number of para-hydroxylation sites is 2. The van der Waals surface area contributed by atoms with E-state index in [0.29, 0.717) is 30.6 Å². The Morgan fingerprint density at radius 1 is 1.24 bits per heavy atom. The second-order valence-corrected chi connectivity index (χ2v) is 7.33. The van der Waals surface area contributed by atoms with E-state index < -0.39 is 0 Å². The first-order chi connectivity index (χ1) is 14.2. The quantitative estimate of drug-likeness (QED) is 0.415. The van der Waals surface area contributed by atoms with E-state index in [9.17, 15) is 4.79 Å². The Morgan fingerprint density at radius 3 is 2.97 bits per heavy atom. The van der Waals surface area contributed by atoms with Crippen LogP contribution in [0.2, 0.25) is 0 Å². The fourth-order valence-corrected chi connectivity index (χ4v) is 3.89. The summed E-state index contributed by atoms with van der Waals surface area (Å²) in [7, 11) is 0. The molecule has 0 aliphatic rings. The molecule has 1 amide bonds. The maximum absolute atomic E-state index is 12.6. The highest BCUT2D eigenvalue weighted by atomic mass is 32.1. The van der Waals surface area contributed by atoms with Crippen molar-refractivity contribution in [2.45, 2.75) is 26.3 Å². The molecule has 0 spiro atoms. The van der Waals surface area contributed by atoms with Crippen LogP contribution < -0.4 is 5.32 Å². The Balaban J connectivity index is 1.47. The third-order valence-electron chi connectivity index (χ3n) is 4.41. The maximum Gasteiger partial charge on any atom is 0.232 e. The molecule has 1 aromatic carbocycles. The van der Waals surface area contributed by atoms with Crippen LogP contribution in [0.15, 0.2) is 52.5 Å². The van der Waals surface area contributed by atoms with E-state index in [1.54, 1.807) is 6.26 Å². The van der Waals surface area contributed by atoms with E-state index in [-0.39, 0.29) is 12.3 Å². The highest BCUT2D eigenvalue weighted by molar-refractivity contribution is 7.13. The van der Waals surface area contributed by atoms with Crippen molar-refractivity contribution in [3.8, 4) is 10.8 Å². The molecule has 3 aromatic heterocycles. The van der Waals surface area contributed by atoms with E-state index in [0.717, 1.165) is 29.0 Å². The van der Waals surface area contributed by atoms with Crippen LogP contribution in [-0.2, 0) is 22.5 Å². The average Bonchev–Trinajstić information content (AvgIpc) is 3.45. The second-order valence-electron chi connectivity index (χ2n) is 6.47. The van der Waals surface area contributed by atoms with Gasteiger partial charge in [0.15, 0.2) is 10.8 Å². The number of thiazole rings is 1. The first-order valence-electron chi connectivity index (χ1n) is 9.55. The molecule has 3 heterocycles. The molecule has 0 aliphatic carbocycles. The van der Waals surface area contributed by atoms with Gasteiger partial charge in [-0.1, -0.05) is 12.1 Å². The summed E-state index contributed by atoms with van der Waals surface area (Å²) in [5.74, 6) is 1.11. The summed E-state index contributed by atoms with van der Waals surface area (Å²) in [6.45, 7) is 4.07. The van der Waals surface area contributed by atoms with Crippen LogP contribution in [0.3, 0.4) is 0 Å². The van der Waals surface area contributed by atoms with Crippen molar-refractivity contribution >= 4 is 34.2 Å². The molecule has 0 saturated heterocycles. The fourth-order valence-electron chi connectivity index (χ4n) is 3.10. The summed E-state index contributed by atoms with van der Waals surface area (Å²) in [5.41, 5.74) is 2.55. The number of rotatable bonds is 9. The first-order valence-corrected chi connectivity index (χ1v) is 10.4. The highest BCUT2D eigenvalue weighted by Gasteiger charge is 2.15. The number of amides is 1. The van der Waals surface area contributed by atoms with Crippen LogP contribution in [-0.4, -0.2) is 33.7 Å². The van der Waals surface area contributed by atoms with Crippen molar-refractivity contribution in [3.05, 3.63) is 53.7 Å². The van der Waals surface area contributed by atoms with E-state index >= 15 is 0 Å².